The second-order valence-corrected chi connectivity index (χ2v) is 6.17. The Morgan fingerprint density at radius 1 is 1.17 bits per heavy atom. The van der Waals surface area contributed by atoms with Gasteiger partial charge in [0.2, 0.25) is 0 Å². The molecule has 0 unspecified atom stereocenters. The molecule has 4 nitrogen and oxygen atoms in total. The minimum absolute atomic E-state index is 0.179. The van der Waals surface area contributed by atoms with Crippen molar-refractivity contribution in [2.75, 3.05) is 14.2 Å². The van der Waals surface area contributed by atoms with E-state index in [-0.39, 0.29) is 11.9 Å². The van der Waals surface area contributed by atoms with E-state index in [0.29, 0.717) is 26.6 Å². The number of rotatable bonds is 5. The Morgan fingerprint density at radius 3 is 2.30 bits per heavy atom. The number of ether oxygens (including phenoxy) is 2. The molecule has 0 saturated heterocycles. The number of hydrogen-bond donors (Lipinski definition) is 1. The fraction of sp³-hybridized carbons (Fsp3) is 0.235. The van der Waals surface area contributed by atoms with Crippen LogP contribution in [0.15, 0.2) is 40.9 Å². The maximum absolute atomic E-state index is 12.5. The third kappa shape index (κ3) is 4.18. The van der Waals surface area contributed by atoms with Crippen LogP contribution in [-0.2, 0) is 0 Å². The monoisotopic (exact) mass is 397 g/mol. The topological polar surface area (TPSA) is 47.6 Å². The summed E-state index contributed by atoms with van der Waals surface area (Å²) in [7, 11) is 3.08. The lowest BCUT2D eigenvalue weighted by Crippen LogP contribution is -2.26. The van der Waals surface area contributed by atoms with Crippen LogP contribution in [-0.4, -0.2) is 20.1 Å². The van der Waals surface area contributed by atoms with Crippen LogP contribution in [0.2, 0.25) is 5.02 Å². The number of carbonyl (C=O) groups excluding carboxylic acids is 1. The van der Waals surface area contributed by atoms with Gasteiger partial charge in [0.05, 0.1) is 20.3 Å². The first-order valence-corrected chi connectivity index (χ1v) is 8.11. The summed E-state index contributed by atoms with van der Waals surface area (Å²) in [4.78, 5) is 12.5. The van der Waals surface area contributed by atoms with Gasteiger partial charge in [-0.3, -0.25) is 4.79 Å². The van der Waals surface area contributed by atoms with Gasteiger partial charge in [0.15, 0.2) is 0 Å². The van der Waals surface area contributed by atoms with E-state index in [1.165, 1.54) is 14.2 Å². The lowest BCUT2D eigenvalue weighted by atomic mass is 10.1. The third-order valence-corrected chi connectivity index (χ3v) is 4.42. The first kappa shape index (κ1) is 17.6. The zero-order valence-electron chi connectivity index (χ0n) is 13.0. The molecule has 0 heterocycles. The van der Waals surface area contributed by atoms with Gasteiger partial charge >= 0.3 is 0 Å². The van der Waals surface area contributed by atoms with Gasteiger partial charge in [-0.05, 0) is 52.7 Å². The molecule has 0 spiro atoms. The largest absolute Gasteiger partial charge is 0.495 e. The first-order valence-electron chi connectivity index (χ1n) is 6.94. The standard InChI is InChI=1S/C17H17BrClNO3/c1-10(11-5-4-6-13(19)7-11)20-17(21)12-8-14(22-2)16(18)15(9-12)23-3/h4-10H,1-3H3,(H,20,21)/t10-/m1/s1. The van der Waals surface area contributed by atoms with E-state index < -0.39 is 0 Å². The lowest BCUT2D eigenvalue weighted by molar-refractivity contribution is 0.0939. The van der Waals surface area contributed by atoms with Crippen molar-refractivity contribution in [2.24, 2.45) is 0 Å². The molecule has 6 heteroatoms. The Labute approximate surface area is 148 Å². The highest BCUT2D eigenvalue weighted by molar-refractivity contribution is 9.10. The van der Waals surface area contributed by atoms with E-state index in [9.17, 15) is 4.79 Å². The van der Waals surface area contributed by atoms with Crippen LogP contribution in [0.5, 0.6) is 11.5 Å². The number of carbonyl (C=O) groups is 1. The molecule has 1 amide bonds. The van der Waals surface area contributed by atoms with Crippen LogP contribution in [0.1, 0.15) is 28.9 Å². The maximum atomic E-state index is 12.5. The Hall–Kier alpha value is -1.72. The van der Waals surface area contributed by atoms with Crippen molar-refractivity contribution in [1.82, 2.24) is 5.32 Å². The molecule has 2 rings (SSSR count). The van der Waals surface area contributed by atoms with E-state index in [1.54, 1.807) is 18.2 Å². The molecule has 0 aliphatic heterocycles. The van der Waals surface area contributed by atoms with Crippen molar-refractivity contribution in [3.05, 3.63) is 57.0 Å². The van der Waals surface area contributed by atoms with Crippen LogP contribution in [0.4, 0.5) is 0 Å². The molecule has 0 aromatic heterocycles. The molecule has 23 heavy (non-hydrogen) atoms. The summed E-state index contributed by atoms with van der Waals surface area (Å²) < 4.78 is 11.2. The second kappa shape index (κ2) is 7.70. The number of hydrogen-bond acceptors (Lipinski definition) is 3. The van der Waals surface area contributed by atoms with Gasteiger partial charge in [-0.15, -0.1) is 0 Å². The molecule has 0 fully saturated rings. The van der Waals surface area contributed by atoms with Crippen molar-refractivity contribution in [3.8, 4) is 11.5 Å². The van der Waals surface area contributed by atoms with Crippen LogP contribution in [0.3, 0.4) is 0 Å². The van der Waals surface area contributed by atoms with Gasteiger partial charge in [0, 0.05) is 10.6 Å². The van der Waals surface area contributed by atoms with E-state index in [0.717, 1.165) is 5.56 Å². The molecule has 0 bridgehead atoms. The summed E-state index contributed by atoms with van der Waals surface area (Å²) in [6.07, 6.45) is 0. The Kier molecular flexibility index (Phi) is 5.91. The number of amides is 1. The minimum atomic E-state index is -0.221. The minimum Gasteiger partial charge on any atom is -0.495 e. The fourth-order valence-electron chi connectivity index (χ4n) is 2.14. The highest BCUT2D eigenvalue weighted by Gasteiger charge is 2.17. The van der Waals surface area contributed by atoms with E-state index in [2.05, 4.69) is 21.2 Å². The highest BCUT2D eigenvalue weighted by Crippen LogP contribution is 2.35. The van der Waals surface area contributed by atoms with Crippen LogP contribution >= 0.6 is 27.5 Å². The van der Waals surface area contributed by atoms with Gasteiger partial charge in [-0.25, -0.2) is 0 Å². The zero-order valence-corrected chi connectivity index (χ0v) is 15.4. The number of nitrogens with one attached hydrogen (secondary N) is 1. The zero-order chi connectivity index (χ0) is 17.0. The van der Waals surface area contributed by atoms with Crippen molar-refractivity contribution >= 4 is 33.4 Å². The summed E-state index contributed by atoms with van der Waals surface area (Å²) in [6.45, 7) is 1.90. The quantitative estimate of drug-likeness (QED) is 0.800. The maximum Gasteiger partial charge on any atom is 0.252 e. The van der Waals surface area contributed by atoms with Crippen molar-refractivity contribution < 1.29 is 14.3 Å². The molecule has 0 radical (unpaired) electrons. The average molecular weight is 399 g/mol. The summed E-state index contributed by atoms with van der Waals surface area (Å²) in [5, 5.41) is 3.57. The van der Waals surface area contributed by atoms with Gasteiger partial charge in [-0.2, -0.15) is 0 Å². The number of benzene rings is 2. The van der Waals surface area contributed by atoms with Crippen molar-refractivity contribution in [2.45, 2.75) is 13.0 Å². The number of halogens is 2. The molecule has 0 aliphatic rings. The van der Waals surface area contributed by atoms with Crippen molar-refractivity contribution in [3.63, 3.8) is 0 Å². The van der Waals surface area contributed by atoms with E-state index >= 15 is 0 Å². The Balaban J connectivity index is 2.23. The van der Waals surface area contributed by atoms with Gasteiger partial charge in [0.1, 0.15) is 16.0 Å². The summed E-state index contributed by atoms with van der Waals surface area (Å²) in [5.41, 5.74) is 1.39. The van der Waals surface area contributed by atoms with Crippen LogP contribution in [0.25, 0.3) is 0 Å². The van der Waals surface area contributed by atoms with E-state index in [1.807, 2.05) is 25.1 Å². The Bertz CT molecular complexity index is 696. The summed E-state index contributed by atoms with van der Waals surface area (Å²) >= 11 is 9.37. The van der Waals surface area contributed by atoms with Crippen molar-refractivity contribution in [1.29, 1.82) is 0 Å². The lowest BCUT2D eigenvalue weighted by Gasteiger charge is -2.16. The molecule has 2 aromatic carbocycles. The normalized spacial score (nSPS) is 11.7. The van der Waals surface area contributed by atoms with Crippen LogP contribution in [0, 0.1) is 0 Å². The third-order valence-electron chi connectivity index (χ3n) is 3.40. The molecular weight excluding hydrogens is 382 g/mol. The molecule has 1 N–H and O–H groups in total. The van der Waals surface area contributed by atoms with Crippen LogP contribution < -0.4 is 14.8 Å². The predicted octanol–water partition coefficient (Wildman–Crippen LogP) is 4.61. The smallest absolute Gasteiger partial charge is 0.252 e. The molecular formula is C17H17BrClNO3. The Morgan fingerprint density at radius 2 is 1.78 bits per heavy atom. The van der Waals surface area contributed by atoms with Gasteiger partial charge in [-0.1, -0.05) is 23.7 Å². The molecule has 122 valence electrons. The molecule has 0 aliphatic carbocycles. The fourth-order valence-corrected chi connectivity index (χ4v) is 2.89. The first-order chi connectivity index (χ1) is 11.0. The second-order valence-electron chi connectivity index (χ2n) is 4.94. The molecule has 0 saturated carbocycles. The predicted molar refractivity (Wildman–Crippen MR) is 94.6 cm³/mol. The number of methoxy groups -OCH3 is 2. The SMILES string of the molecule is COc1cc(C(=O)N[C@H](C)c2cccc(Cl)c2)cc(OC)c1Br. The molecule has 1 atom stereocenters. The van der Waals surface area contributed by atoms with E-state index in [4.69, 9.17) is 21.1 Å². The highest BCUT2D eigenvalue weighted by atomic mass is 79.9. The molecule has 2 aromatic rings. The van der Waals surface area contributed by atoms with Gasteiger partial charge in [0.25, 0.3) is 5.91 Å². The summed E-state index contributed by atoms with van der Waals surface area (Å²) in [6, 6.07) is 10.5. The van der Waals surface area contributed by atoms with Gasteiger partial charge < -0.3 is 14.8 Å². The summed E-state index contributed by atoms with van der Waals surface area (Å²) in [5.74, 6) is 0.844. The average Bonchev–Trinajstić information content (AvgIpc) is 2.54.